The Morgan fingerprint density at radius 3 is 2.57 bits per heavy atom. The Balaban J connectivity index is 2.11. The molecule has 0 bridgehead atoms. The topological polar surface area (TPSA) is 69.6 Å². The predicted octanol–water partition coefficient (Wildman–Crippen LogP) is 2.97. The number of halogens is 2. The molecular weight excluding hydrogens is 339 g/mol. The minimum Gasteiger partial charge on any atom is -0.480 e. The van der Waals surface area contributed by atoms with Crippen LogP contribution >= 0.6 is 23.2 Å². The first kappa shape index (κ1) is 18.0. The first-order valence-electron chi connectivity index (χ1n) is 7.55. The molecule has 1 aromatic rings. The van der Waals surface area contributed by atoms with E-state index in [4.69, 9.17) is 23.2 Å². The molecule has 1 amide bonds. The van der Waals surface area contributed by atoms with Crippen molar-refractivity contribution >= 4 is 35.1 Å². The van der Waals surface area contributed by atoms with Gasteiger partial charge in [0.2, 0.25) is 5.91 Å². The van der Waals surface area contributed by atoms with Crippen LogP contribution in [-0.2, 0) is 9.59 Å². The third-order valence-electron chi connectivity index (χ3n) is 4.28. The molecule has 7 heteroatoms. The Morgan fingerprint density at radius 2 is 2.00 bits per heavy atom. The van der Waals surface area contributed by atoms with Crippen LogP contribution in [0.2, 0.25) is 10.0 Å². The van der Waals surface area contributed by atoms with E-state index in [1.54, 1.807) is 25.2 Å². The molecule has 0 aromatic heterocycles. The number of carbonyl (C=O) groups is 2. The van der Waals surface area contributed by atoms with Gasteiger partial charge in [-0.3, -0.25) is 14.5 Å². The Morgan fingerprint density at radius 1 is 1.35 bits per heavy atom. The molecular formula is C16H20Cl2N2O3. The summed E-state index contributed by atoms with van der Waals surface area (Å²) in [6.45, 7) is 1.23. The summed E-state index contributed by atoms with van der Waals surface area (Å²) in [5.41, 5.74) is 0.511. The molecule has 2 rings (SSSR count). The molecule has 0 radical (unpaired) electrons. The Kier molecular flexibility index (Phi) is 6.27. The molecule has 1 heterocycles. The van der Waals surface area contributed by atoms with Crippen LogP contribution in [-0.4, -0.2) is 42.0 Å². The number of rotatable bonds is 5. The fraction of sp³-hybridized carbons (Fsp3) is 0.500. The van der Waals surface area contributed by atoms with Gasteiger partial charge < -0.3 is 10.4 Å². The van der Waals surface area contributed by atoms with Gasteiger partial charge in [0, 0.05) is 19.0 Å². The lowest BCUT2D eigenvalue weighted by Gasteiger charge is -2.36. The third-order valence-corrected chi connectivity index (χ3v) is 5.11. The summed E-state index contributed by atoms with van der Waals surface area (Å²) >= 11 is 12.2. The highest BCUT2D eigenvalue weighted by Crippen LogP contribution is 2.35. The zero-order valence-electron chi connectivity index (χ0n) is 12.9. The van der Waals surface area contributed by atoms with E-state index in [1.807, 2.05) is 4.90 Å². The van der Waals surface area contributed by atoms with Gasteiger partial charge in [-0.2, -0.15) is 0 Å². The summed E-state index contributed by atoms with van der Waals surface area (Å²) in [5.74, 6) is -0.634. The van der Waals surface area contributed by atoms with Crippen molar-refractivity contribution in [3.05, 3.63) is 33.8 Å². The number of hydrogen-bond acceptors (Lipinski definition) is 3. The number of carbonyl (C=O) groups excluding carboxylic acids is 1. The van der Waals surface area contributed by atoms with E-state index in [9.17, 15) is 14.7 Å². The summed E-state index contributed by atoms with van der Waals surface area (Å²) in [5, 5.41) is 12.9. The Labute approximate surface area is 145 Å². The van der Waals surface area contributed by atoms with Gasteiger partial charge in [0.05, 0.1) is 10.0 Å². The van der Waals surface area contributed by atoms with E-state index in [1.165, 1.54) is 0 Å². The lowest BCUT2D eigenvalue weighted by Crippen LogP contribution is -2.41. The molecule has 0 spiro atoms. The van der Waals surface area contributed by atoms with Crippen LogP contribution in [0.1, 0.15) is 30.9 Å². The first-order valence-corrected chi connectivity index (χ1v) is 8.31. The van der Waals surface area contributed by atoms with Gasteiger partial charge in [0.25, 0.3) is 0 Å². The normalized spacial score (nSPS) is 17.7. The van der Waals surface area contributed by atoms with Gasteiger partial charge in [0.1, 0.15) is 6.04 Å². The maximum Gasteiger partial charge on any atom is 0.325 e. The molecule has 1 saturated heterocycles. The smallest absolute Gasteiger partial charge is 0.325 e. The van der Waals surface area contributed by atoms with Crippen molar-refractivity contribution in [3.8, 4) is 0 Å². The second kappa shape index (κ2) is 7.99. The highest BCUT2D eigenvalue weighted by atomic mass is 35.5. The molecule has 1 aromatic carbocycles. The molecule has 126 valence electrons. The number of nitrogens with zero attached hydrogens (tertiary/aromatic N) is 1. The fourth-order valence-corrected chi connectivity index (χ4v) is 3.41. The largest absolute Gasteiger partial charge is 0.480 e. The van der Waals surface area contributed by atoms with Gasteiger partial charge in [-0.15, -0.1) is 0 Å². The van der Waals surface area contributed by atoms with E-state index in [0.29, 0.717) is 30.1 Å². The van der Waals surface area contributed by atoms with Gasteiger partial charge in [-0.05, 0) is 37.9 Å². The van der Waals surface area contributed by atoms with Crippen molar-refractivity contribution in [1.82, 2.24) is 10.2 Å². The van der Waals surface area contributed by atoms with E-state index < -0.39 is 12.0 Å². The summed E-state index contributed by atoms with van der Waals surface area (Å²) < 4.78 is 0. The number of piperidine rings is 1. The molecule has 1 unspecified atom stereocenters. The van der Waals surface area contributed by atoms with Crippen LogP contribution in [0.5, 0.6) is 0 Å². The van der Waals surface area contributed by atoms with Crippen molar-refractivity contribution < 1.29 is 14.7 Å². The lowest BCUT2D eigenvalue weighted by atomic mass is 9.91. The number of hydrogen-bond donors (Lipinski definition) is 2. The van der Waals surface area contributed by atoms with Gasteiger partial charge >= 0.3 is 5.97 Å². The SMILES string of the molecule is CNC(=O)CC1CCN(C(C(=O)O)c2cccc(Cl)c2Cl)CC1. The molecule has 23 heavy (non-hydrogen) atoms. The van der Waals surface area contributed by atoms with Crippen LogP contribution in [0, 0.1) is 5.92 Å². The molecule has 1 aliphatic rings. The molecule has 1 aliphatic heterocycles. The average Bonchev–Trinajstić information content (AvgIpc) is 2.53. The second-order valence-corrected chi connectivity index (χ2v) is 6.53. The highest BCUT2D eigenvalue weighted by Gasteiger charge is 2.33. The second-order valence-electron chi connectivity index (χ2n) is 5.74. The number of nitrogens with one attached hydrogen (secondary N) is 1. The quantitative estimate of drug-likeness (QED) is 0.848. The highest BCUT2D eigenvalue weighted by molar-refractivity contribution is 6.42. The Bertz CT molecular complexity index is 587. The van der Waals surface area contributed by atoms with E-state index in [0.717, 1.165) is 12.8 Å². The Hall–Kier alpha value is -1.30. The van der Waals surface area contributed by atoms with Gasteiger partial charge in [0.15, 0.2) is 0 Å². The molecule has 2 N–H and O–H groups in total. The molecule has 1 fully saturated rings. The number of amides is 1. The van der Waals surface area contributed by atoms with Crippen molar-refractivity contribution in [3.63, 3.8) is 0 Å². The fourth-order valence-electron chi connectivity index (χ4n) is 3.00. The zero-order valence-corrected chi connectivity index (χ0v) is 14.4. The molecule has 0 saturated carbocycles. The maximum absolute atomic E-state index is 11.8. The standard InChI is InChI=1S/C16H20Cl2N2O3/c1-19-13(21)9-10-5-7-20(8-6-10)15(16(22)23)11-3-2-4-12(17)14(11)18/h2-4,10,15H,5-9H2,1H3,(H,19,21)(H,22,23). The zero-order chi connectivity index (χ0) is 17.0. The minimum absolute atomic E-state index is 0.0242. The monoisotopic (exact) mass is 358 g/mol. The van der Waals surface area contributed by atoms with Crippen molar-refractivity contribution in [2.75, 3.05) is 20.1 Å². The molecule has 0 aliphatic carbocycles. The molecule has 5 nitrogen and oxygen atoms in total. The first-order chi connectivity index (χ1) is 10.9. The van der Waals surface area contributed by atoms with Crippen LogP contribution in [0.3, 0.4) is 0 Å². The summed E-state index contributed by atoms with van der Waals surface area (Å²) in [4.78, 5) is 25.1. The van der Waals surface area contributed by atoms with E-state index in [2.05, 4.69) is 5.32 Å². The maximum atomic E-state index is 11.8. The van der Waals surface area contributed by atoms with Crippen molar-refractivity contribution in [2.45, 2.75) is 25.3 Å². The number of benzene rings is 1. The van der Waals surface area contributed by atoms with Crippen LogP contribution in [0.15, 0.2) is 18.2 Å². The number of carboxylic acid groups (broad SMARTS) is 1. The van der Waals surface area contributed by atoms with E-state index in [-0.39, 0.29) is 16.8 Å². The van der Waals surface area contributed by atoms with E-state index >= 15 is 0 Å². The third kappa shape index (κ3) is 4.37. The van der Waals surface area contributed by atoms with Crippen molar-refractivity contribution in [1.29, 1.82) is 0 Å². The summed E-state index contributed by atoms with van der Waals surface area (Å²) in [6, 6.07) is 4.23. The van der Waals surface area contributed by atoms with Crippen LogP contribution in [0.25, 0.3) is 0 Å². The molecule has 1 atom stereocenters. The number of carboxylic acids is 1. The lowest BCUT2D eigenvalue weighted by molar-refractivity contribution is -0.144. The predicted molar refractivity (Wildman–Crippen MR) is 89.8 cm³/mol. The summed E-state index contributed by atoms with van der Waals surface area (Å²) in [7, 11) is 1.62. The average molecular weight is 359 g/mol. The summed E-state index contributed by atoms with van der Waals surface area (Å²) in [6.07, 6.45) is 2.06. The number of likely N-dealkylation sites (tertiary alicyclic amines) is 1. The van der Waals surface area contributed by atoms with Crippen LogP contribution < -0.4 is 5.32 Å². The van der Waals surface area contributed by atoms with Crippen molar-refractivity contribution in [2.24, 2.45) is 5.92 Å². The minimum atomic E-state index is -0.945. The van der Waals surface area contributed by atoms with Gasteiger partial charge in [-0.1, -0.05) is 35.3 Å². The van der Waals surface area contributed by atoms with Crippen LogP contribution in [0.4, 0.5) is 0 Å². The van der Waals surface area contributed by atoms with Gasteiger partial charge in [-0.25, -0.2) is 0 Å². The number of aliphatic carboxylic acids is 1.